The summed E-state index contributed by atoms with van der Waals surface area (Å²) in [5.74, 6) is 0. The van der Waals surface area contributed by atoms with Crippen molar-refractivity contribution in [2.75, 3.05) is 53.6 Å². The molecular weight excluding hydrogens is 216 g/mol. The predicted octanol–water partition coefficient (Wildman–Crippen LogP) is 1.36. The molecule has 0 aromatic carbocycles. The standard InChI is InChI=1S/C13H30N2O2/c1-5-6-7-14-8-9-15(10-11-16-3)13(2)12-17-4/h13-14H,5-12H2,1-4H3. The number of rotatable bonds is 12. The van der Waals surface area contributed by atoms with Gasteiger partial charge in [0.1, 0.15) is 0 Å². The first-order chi connectivity index (χ1) is 8.26. The summed E-state index contributed by atoms with van der Waals surface area (Å²) in [4.78, 5) is 2.41. The molecule has 0 bridgehead atoms. The number of nitrogens with one attached hydrogen (secondary N) is 1. The molecule has 17 heavy (non-hydrogen) atoms. The second-order valence-electron chi connectivity index (χ2n) is 4.44. The molecule has 104 valence electrons. The van der Waals surface area contributed by atoms with Crippen molar-refractivity contribution in [3.05, 3.63) is 0 Å². The van der Waals surface area contributed by atoms with Gasteiger partial charge < -0.3 is 14.8 Å². The van der Waals surface area contributed by atoms with Gasteiger partial charge in [0, 0.05) is 39.9 Å². The zero-order chi connectivity index (χ0) is 12.9. The molecule has 0 spiro atoms. The van der Waals surface area contributed by atoms with Crippen LogP contribution in [0.15, 0.2) is 0 Å². The van der Waals surface area contributed by atoms with Gasteiger partial charge in [0.25, 0.3) is 0 Å². The van der Waals surface area contributed by atoms with Crippen LogP contribution in [0.5, 0.6) is 0 Å². The van der Waals surface area contributed by atoms with Gasteiger partial charge in [-0.1, -0.05) is 13.3 Å². The van der Waals surface area contributed by atoms with Crippen LogP contribution >= 0.6 is 0 Å². The van der Waals surface area contributed by atoms with E-state index in [1.807, 2.05) is 0 Å². The fraction of sp³-hybridized carbons (Fsp3) is 1.00. The van der Waals surface area contributed by atoms with Crippen LogP contribution in [0.2, 0.25) is 0 Å². The molecule has 1 atom stereocenters. The van der Waals surface area contributed by atoms with Gasteiger partial charge in [0.05, 0.1) is 13.2 Å². The Labute approximate surface area is 107 Å². The minimum atomic E-state index is 0.447. The summed E-state index contributed by atoms with van der Waals surface area (Å²) >= 11 is 0. The van der Waals surface area contributed by atoms with E-state index in [0.29, 0.717) is 6.04 Å². The van der Waals surface area contributed by atoms with E-state index < -0.39 is 0 Å². The Balaban J connectivity index is 3.75. The average Bonchev–Trinajstić information content (AvgIpc) is 2.33. The van der Waals surface area contributed by atoms with Gasteiger partial charge in [0.15, 0.2) is 0 Å². The summed E-state index contributed by atoms with van der Waals surface area (Å²) in [6, 6.07) is 0.447. The smallest absolute Gasteiger partial charge is 0.0615 e. The quantitative estimate of drug-likeness (QED) is 0.527. The Bertz CT molecular complexity index is 156. The maximum absolute atomic E-state index is 5.21. The van der Waals surface area contributed by atoms with E-state index in [4.69, 9.17) is 9.47 Å². The Hall–Kier alpha value is -0.160. The third kappa shape index (κ3) is 9.53. The molecule has 0 saturated carbocycles. The van der Waals surface area contributed by atoms with Crippen LogP contribution in [-0.4, -0.2) is 64.6 Å². The van der Waals surface area contributed by atoms with Crippen molar-refractivity contribution in [2.24, 2.45) is 0 Å². The number of hydrogen-bond donors (Lipinski definition) is 1. The lowest BCUT2D eigenvalue weighted by atomic mass is 10.3. The lowest BCUT2D eigenvalue weighted by Crippen LogP contribution is -2.42. The van der Waals surface area contributed by atoms with E-state index in [0.717, 1.165) is 39.4 Å². The molecule has 0 aliphatic carbocycles. The molecule has 0 amide bonds. The highest BCUT2D eigenvalue weighted by Crippen LogP contribution is 1.99. The lowest BCUT2D eigenvalue weighted by molar-refractivity contribution is 0.0757. The van der Waals surface area contributed by atoms with Gasteiger partial charge in [-0.3, -0.25) is 4.90 Å². The van der Waals surface area contributed by atoms with Crippen molar-refractivity contribution in [3.8, 4) is 0 Å². The van der Waals surface area contributed by atoms with Gasteiger partial charge in [-0.15, -0.1) is 0 Å². The van der Waals surface area contributed by atoms with Crippen LogP contribution in [-0.2, 0) is 9.47 Å². The van der Waals surface area contributed by atoms with Crippen LogP contribution in [0.25, 0.3) is 0 Å². The Morgan fingerprint density at radius 2 is 1.88 bits per heavy atom. The molecule has 1 N–H and O–H groups in total. The highest BCUT2D eigenvalue weighted by atomic mass is 16.5. The SMILES string of the molecule is CCCCNCCN(CCOC)C(C)COC. The van der Waals surface area contributed by atoms with Crippen LogP contribution in [0.3, 0.4) is 0 Å². The van der Waals surface area contributed by atoms with Gasteiger partial charge >= 0.3 is 0 Å². The summed E-state index contributed by atoms with van der Waals surface area (Å²) in [7, 11) is 3.50. The normalized spacial score (nSPS) is 13.2. The minimum absolute atomic E-state index is 0.447. The molecule has 0 aromatic heterocycles. The van der Waals surface area contributed by atoms with Crippen molar-refractivity contribution in [1.82, 2.24) is 10.2 Å². The molecular formula is C13H30N2O2. The van der Waals surface area contributed by atoms with Crippen molar-refractivity contribution < 1.29 is 9.47 Å². The summed E-state index contributed by atoms with van der Waals surface area (Å²) in [5.41, 5.74) is 0. The van der Waals surface area contributed by atoms with Crippen molar-refractivity contribution >= 4 is 0 Å². The third-order valence-corrected chi connectivity index (χ3v) is 2.90. The van der Waals surface area contributed by atoms with Crippen molar-refractivity contribution in [3.63, 3.8) is 0 Å². The number of methoxy groups -OCH3 is 2. The fourth-order valence-electron chi connectivity index (χ4n) is 1.76. The maximum atomic E-state index is 5.21. The highest BCUT2D eigenvalue weighted by molar-refractivity contribution is 4.67. The molecule has 4 heteroatoms. The molecule has 0 fully saturated rings. The van der Waals surface area contributed by atoms with E-state index in [2.05, 4.69) is 24.1 Å². The predicted molar refractivity (Wildman–Crippen MR) is 72.6 cm³/mol. The Morgan fingerprint density at radius 3 is 2.47 bits per heavy atom. The Morgan fingerprint density at radius 1 is 1.12 bits per heavy atom. The molecule has 0 aliphatic rings. The van der Waals surface area contributed by atoms with Crippen LogP contribution in [0.4, 0.5) is 0 Å². The largest absolute Gasteiger partial charge is 0.383 e. The third-order valence-electron chi connectivity index (χ3n) is 2.90. The van der Waals surface area contributed by atoms with Gasteiger partial charge in [-0.2, -0.15) is 0 Å². The minimum Gasteiger partial charge on any atom is -0.383 e. The highest BCUT2D eigenvalue weighted by Gasteiger charge is 2.12. The first-order valence-corrected chi connectivity index (χ1v) is 6.68. The number of ether oxygens (including phenoxy) is 2. The number of unbranched alkanes of at least 4 members (excludes halogenated alkanes) is 1. The van der Waals surface area contributed by atoms with Crippen molar-refractivity contribution in [2.45, 2.75) is 32.7 Å². The number of nitrogens with zero attached hydrogens (tertiary/aromatic N) is 1. The zero-order valence-corrected chi connectivity index (χ0v) is 12.0. The summed E-state index contributed by atoms with van der Waals surface area (Å²) < 4.78 is 10.3. The van der Waals surface area contributed by atoms with E-state index in [9.17, 15) is 0 Å². The summed E-state index contributed by atoms with van der Waals surface area (Å²) in [5, 5.41) is 3.47. The lowest BCUT2D eigenvalue weighted by Gasteiger charge is -2.28. The maximum Gasteiger partial charge on any atom is 0.0615 e. The van der Waals surface area contributed by atoms with E-state index in [1.165, 1.54) is 12.8 Å². The molecule has 1 unspecified atom stereocenters. The van der Waals surface area contributed by atoms with E-state index in [1.54, 1.807) is 14.2 Å². The fourth-order valence-corrected chi connectivity index (χ4v) is 1.76. The first kappa shape index (κ1) is 16.8. The van der Waals surface area contributed by atoms with E-state index >= 15 is 0 Å². The average molecular weight is 246 g/mol. The second kappa shape index (κ2) is 12.3. The molecule has 0 aliphatic heterocycles. The Kier molecular flexibility index (Phi) is 12.2. The van der Waals surface area contributed by atoms with Gasteiger partial charge in [-0.25, -0.2) is 0 Å². The molecule has 0 heterocycles. The molecule has 0 rings (SSSR count). The molecule has 0 radical (unpaired) electrons. The molecule has 0 saturated heterocycles. The topological polar surface area (TPSA) is 33.7 Å². The van der Waals surface area contributed by atoms with Gasteiger partial charge in [0.2, 0.25) is 0 Å². The molecule has 0 aromatic rings. The zero-order valence-electron chi connectivity index (χ0n) is 12.0. The van der Waals surface area contributed by atoms with Gasteiger partial charge in [-0.05, 0) is 19.9 Å². The van der Waals surface area contributed by atoms with Crippen LogP contribution < -0.4 is 5.32 Å². The van der Waals surface area contributed by atoms with Crippen LogP contribution in [0, 0.1) is 0 Å². The summed E-state index contributed by atoms with van der Waals surface area (Å²) in [6.45, 7) is 10.2. The molecule has 4 nitrogen and oxygen atoms in total. The van der Waals surface area contributed by atoms with Crippen molar-refractivity contribution in [1.29, 1.82) is 0 Å². The van der Waals surface area contributed by atoms with Crippen LogP contribution in [0.1, 0.15) is 26.7 Å². The first-order valence-electron chi connectivity index (χ1n) is 6.68. The van der Waals surface area contributed by atoms with E-state index in [-0.39, 0.29) is 0 Å². The number of hydrogen-bond acceptors (Lipinski definition) is 4. The summed E-state index contributed by atoms with van der Waals surface area (Å²) in [6.07, 6.45) is 2.51. The second-order valence-corrected chi connectivity index (χ2v) is 4.44. The monoisotopic (exact) mass is 246 g/mol.